The van der Waals surface area contributed by atoms with Crippen LogP contribution in [-0.2, 0) is 17.8 Å². The van der Waals surface area contributed by atoms with Gasteiger partial charge in [-0.3, -0.25) is 0 Å². The lowest BCUT2D eigenvalue weighted by Gasteiger charge is -2.12. The Morgan fingerprint density at radius 1 is 0.533 bits per heavy atom. The van der Waals surface area contributed by atoms with Crippen LogP contribution in [0.15, 0.2) is 121 Å². The van der Waals surface area contributed by atoms with Crippen LogP contribution in [0.5, 0.6) is 0 Å². The summed E-state index contributed by atoms with van der Waals surface area (Å²) in [5.41, 5.74) is 8.64. The Bertz CT molecular complexity index is 2170. The van der Waals surface area contributed by atoms with Crippen molar-refractivity contribution in [1.29, 1.82) is 0 Å². The fourth-order valence-corrected chi connectivity index (χ4v) is 5.28. The van der Waals surface area contributed by atoms with Crippen LogP contribution < -0.4 is 0 Å². The van der Waals surface area contributed by atoms with E-state index in [0.717, 1.165) is 49.5 Å². The van der Waals surface area contributed by atoms with E-state index in [1.807, 2.05) is 19.1 Å². The highest BCUT2D eigenvalue weighted by Gasteiger charge is 2.10. The molecule has 0 aromatic heterocycles. The predicted octanol–water partition coefficient (Wildman–Crippen LogP) is 9.56. The van der Waals surface area contributed by atoms with Gasteiger partial charge in [-0.2, -0.15) is 0 Å². The average Bonchev–Trinajstić information content (AvgIpc) is 3.07. The largest absolute Gasteiger partial charge is 0.361 e. The van der Waals surface area contributed by atoms with Crippen LogP contribution >= 0.6 is 0 Å². The van der Waals surface area contributed by atoms with Crippen LogP contribution in [0, 0.1) is 49.4 Å². The third-order valence-corrected chi connectivity index (χ3v) is 7.87. The average molecular weight is 579 g/mol. The van der Waals surface area contributed by atoms with E-state index in [9.17, 15) is 0 Å². The van der Waals surface area contributed by atoms with E-state index in [4.69, 9.17) is 4.74 Å². The zero-order chi connectivity index (χ0) is 31.0. The molecule has 45 heavy (non-hydrogen) atoms. The molecule has 6 aromatic carbocycles. The lowest BCUT2D eigenvalue weighted by Crippen LogP contribution is -2.06. The van der Waals surface area contributed by atoms with E-state index in [2.05, 4.69) is 159 Å². The van der Waals surface area contributed by atoms with Gasteiger partial charge in [-0.05, 0) is 77.7 Å². The molecule has 0 spiro atoms. The molecular formula is C44H34O. The number of ether oxygens (including phenoxy) is 1. The van der Waals surface area contributed by atoms with Crippen molar-refractivity contribution in [1.82, 2.24) is 0 Å². The summed E-state index contributed by atoms with van der Waals surface area (Å²) in [6, 6.07) is 42.0. The Hall–Kier alpha value is -5.52. The minimum atomic E-state index is -0.227. The van der Waals surface area contributed by atoms with E-state index in [1.54, 1.807) is 0 Å². The molecule has 0 aliphatic rings. The van der Waals surface area contributed by atoms with Gasteiger partial charge in [0.05, 0.1) is 6.61 Å². The van der Waals surface area contributed by atoms with E-state index in [-0.39, 0.29) is 6.10 Å². The van der Waals surface area contributed by atoms with Crippen LogP contribution in [0.1, 0.15) is 51.4 Å². The zero-order valence-corrected chi connectivity index (χ0v) is 25.9. The fourth-order valence-electron chi connectivity index (χ4n) is 5.28. The minimum Gasteiger partial charge on any atom is -0.361 e. The molecule has 1 nitrogen and oxygen atoms in total. The number of hydrogen-bond donors (Lipinski definition) is 0. The number of rotatable bonds is 4. The summed E-state index contributed by atoms with van der Waals surface area (Å²) in [6.45, 7) is 6.58. The van der Waals surface area contributed by atoms with Crippen LogP contribution in [0.4, 0.5) is 0 Å². The monoisotopic (exact) mass is 578 g/mol. The third kappa shape index (κ3) is 7.35. The molecule has 1 atom stereocenters. The molecule has 0 bridgehead atoms. The lowest BCUT2D eigenvalue weighted by molar-refractivity contribution is 0.0900. The van der Waals surface area contributed by atoms with Gasteiger partial charge in [-0.25, -0.2) is 0 Å². The first-order chi connectivity index (χ1) is 22.0. The van der Waals surface area contributed by atoms with Crippen molar-refractivity contribution in [2.24, 2.45) is 0 Å². The van der Waals surface area contributed by atoms with Crippen LogP contribution in [0.25, 0.3) is 21.5 Å². The Morgan fingerprint density at radius 2 is 1.04 bits per heavy atom. The maximum absolute atomic E-state index is 6.25. The summed E-state index contributed by atoms with van der Waals surface area (Å²) < 4.78 is 6.25. The molecule has 0 N–H and O–H groups in total. The second-order valence-electron chi connectivity index (χ2n) is 11.3. The maximum atomic E-state index is 6.25. The topological polar surface area (TPSA) is 9.23 Å². The molecule has 0 fully saturated rings. The molecule has 0 saturated carbocycles. The van der Waals surface area contributed by atoms with E-state index in [0.29, 0.717) is 13.0 Å². The summed E-state index contributed by atoms with van der Waals surface area (Å²) >= 11 is 0. The van der Waals surface area contributed by atoms with Gasteiger partial charge in [0.15, 0.2) is 0 Å². The molecule has 0 heterocycles. The summed E-state index contributed by atoms with van der Waals surface area (Å²) in [6.07, 6.45) is 0.390. The van der Waals surface area contributed by atoms with Gasteiger partial charge in [0.1, 0.15) is 6.10 Å². The first-order valence-corrected chi connectivity index (χ1v) is 15.3. The quantitative estimate of drug-likeness (QED) is 0.189. The van der Waals surface area contributed by atoms with E-state index in [1.165, 1.54) is 16.5 Å². The van der Waals surface area contributed by atoms with Gasteiger partial charge in [0, 0.05) is 28.7 Å². The lowest BCUT2D eigenvalue weighted by atomic mass is 9.95. The Kier molecular flexibility index (Phi) is 9.09. The first-order valence-electron chi connectivity index (χ1n) is 15.3. The minimum absolute atomic E-state index is 0.227. The molecule has 216 valence electrons. The van der Waals surface area contributed by atoms with Gasteiger partial charge in [0.25, 0.3) is 0 Å². The van der Waals surface area contributed by atoms with Crippen molar-refractivity contribution in [3.8, 4) is 35.5 Å². The summed E-state index contributed by atoms with van der Waals surface area (Å²) in [5.74, 6) is 20.4. The molecule has 0 unspecified atom stereocenters. The Balaban J connectivity index is 1.34. The molecule has 0 radical (unpaired) electrons. The summed E-state index contributed by atoms with van der Waals surface area (Å²) in [4.78, 5) is 0. The van der Waals surface area contributed by atoms with Crippen molar-refractivity contribution in [2.75, 3.05) is 0 Å². The summed E-state index contributed by atoms with van der Waals surface area (Å²) in [5, 5.41) is 4.57. The maximum Gasteiger partial charge on any atom is 0.116 e. The van der Waals surface area contributed by atoms with Crippen molar-refractivity contribution < 1.29 is 4.74 Å². The highest BCUT2D eigenvalue weighted by atomic mass is 16.5. The highest BCUT2D eigenvalue weighted by molar-refractivity contribution is 5.92. The van der Waals surface area contributed by atoms with Crippen LogP contribution in [-0.4, -0.2) is 6.10 Å². The molecule has 0 aliphatic heterocycles. The normalized spacial score (nSPS) is 11.1. The van der Waals surface area contributed by atoms with Crippen molar-refractivity contribution in [3.63, 3.8) is 0 Å². The highest BCUT2D eigenvalue weighted by Crippen LogP contribution is 2.25. The molecule has 6 rings (SSSR count). The van der Waals surface area contributed by atoms with Crippen LogP contribution in [0.2, 0.25) is 0 Å². The van der Waals surface area contributed by atoms with Crippen molar-refractivity contribution in [2.45, 2.75) is 39.9 Å². The Morgan fingerprint density at radius 3 is 1.64 bits per heavy atom. The van der Waals surface area contributed by atoms with E-state index >= 15 is 0 Å². The number of benzene rings is 6. The van der Waals surface area contributed by atoms with Crippen LogP contribution in [0.3, 0.4) is 0 Å². The molecular weight excluding hydrogens is 544 g/mol. The van der Waals surface area contributed by atoms with Gasteiger partial charge in [-0.15, -0.1) is 0 Å². The van der Waals surface area contributed by atoms with Gasteiger partial charge in [-0.1, -0.05) is 144 Å². The number of hydrogen-bond acceptors (Lipinski definition) is 1. The second kappa shape index (κ2) is 13.8. The fraction of sp³-hybridized carbons (Fsp3) is 0.136. The first kappa shape index (κ1) is 29.5. The Labute approximate surface area is 266 Å². The van der Waals surface area contributed by atoms with Gasteiger partial charge in [0.2, 0.25) is 0 Å². The standard InChI is InChI=1S/C44H34O/c1-32-15-20-35(21-16-32)9-8-12-39-26-25-37-10-4-6-13-41(37)43(39)29-30-44-40(28-27-38-11-5-7-14-42(38)44)31-45-34(3)19-24-36-22-17-33(2)18-23-36/h4-7,10-11,13-18,20-23,25-28,34H,12,31H2,1-3H3/t34-/m0/s1. The van der Waals surface area contributed by atoms with Crippen molar-refractivity contribution >= 4 is 21.5 Å². The molecule has 0 saturated heterocycles. The SMILES string of the molecule is Cc1ccc(C#CCc2ccc3ccccc3c2C#Cc2c(CO[C@@H](C)C#Cc3ccc(C)cc3)ccc3ccccc23)cc1. The predicted molar refractivity (Wildman–Crippen MR) is 188 cm³/mol. The zero-order valence-electron chi connectivity index (χ0n) is 25.9. The smallest absolute Gasteiger partial charge is 0.116 e. The number of aryl methyl sites for hydroxylation is 2. The van der Waals surface area contributed by atoms with Gasteiger partial charge >= 0.3 is 0 Å². The van der Waals surface area contributed by atoms with E-state index < -0.39 is 0 Å². The molecule has 1 heteroatoms. The molecule has 0 amide bonds. The second-order valence-corrected chi connectivity index (χ2v) is 11.3. The number of fused-ring (bicyclic) bond motifs is 2. The third-order valence-electron chi connectivity index (χ3n) is 7.87. The summed E-state index contributed by atoms with van der Waals surface area (Å²) in [7, 11) is 0. The van der Waals surface area contributed by atoms with Gasteiger partial charge < -0.3 is 4.74 Å². The van der Waals surface area contributed by atoms with Crippen molar-refractivity contribution in [3.05, 3.63) is 166 Å². The molecule has 0 aliphatic carbocycles. The molecule has 6 aromatic rings.